The second-order valence-electron chi connectivity index (χ2n) is 7.00. The molecule has 3 rings (SSSR count). The van der Waals surface area contributed by atoms with Crippen LogP contribution in [0.1, 0.15) is 21.5 Å². The van der Waals surface area contributed by atoms with Gasteiger partial charge in [0, 0.05) is 12.1 Å². The number of rotatable bonds is 9. The predicted molar refractivity (Wildman–Crippen MR) is 123 cm³/mol. The Morgan fingerprint density at radius 3 is 2.38 bits per heavy atom. The van der Waals surface area contributed by atoms with Gasteiger partial charge in [0.25, 0.3) is 11.6 Å². The molecule has 34 heavy (non-hydrogen) atoms. The molecule has 0 radical (unpaired) electrons. The lowest BCUT2D eigenvalue weighted by Gasteiger charge is -2.10. The fourth-order valence-electron chi connectivity index (χ4n) is 2.72. The topological polar surface area (TPSA) is 129 Å². The third-order valence-electron chi connectivity index (χ3n) is 4.50. The van der Waals surface area contributed by atoms with Crippen LogP contribution in [0.2, 0.25) is 0 Å². The second-order valence-corrected chi connectivity index (χ2v) is 7.00. The number of esters is 1. The zero-order valence-corrected chi connectivity index (χ0v) is 18.4. The Labute approximate surface area is 194 Å². The molecular formula is C24H21N3O7. The number of aryl methyl sites for hydroxylation is 1. The molecule has 0 spiro atoms. The van der Waals surface area contributed by atoms with Crippen LogP contribution in [0.25, 0.3) is 0 Å². The predicted octanol–water partition coefficient (Wildman–Crippen LogP) is 3.66. The SMILES string of the molecule is COc1cc(C=NNC(=O)COc2ccc([N+](=O)[O-])cc2)ccc1OC(=O)c1ccc(C)cc1. The van der Waals surface area contributed by atoms with E-state index in [0.717, 1.165) is 5.56 Å². The molecule has 0 aliphatic heterocycles. The molecule has 10 nitrogen and oxygen atoms in total. The van der Waals surface area contributed by atoms with Crippen molar-refractivity contribution in [2.45, 2.75) is 6.92 Å². The molecule has 1 amide bonds. The van der Waals surface area contributed by atoms with E-state index in [4.69, 9.17) is 14.2 Å². The van der Waals surface area contributed by atoms with E-state index in [2.05, 4.69) is 10.5 Å². The van der Waals surface area contributed by atoms with Crippen LogP contribution < -0.4 is 19.6 Å². The van der Waals surface area contributed by atoms with Gasteiger partial charge in [-0.2, -0.15) is 5.10 Å². The van der Waals surface area contributed by atoms with Gasteiger partial charge in [0.2, 0.25) is 0 Å². The van der Waals surface area contributed by atoms with Crippen molar-refractivity contribution in [1.29, 1.82) is 0 Å². The summed E-state index contributed by atoms with van der Waals surface area (Å²) in [6.45, 7) is 1.60. The lowest BCUT2D eigenvalue weighted by Crippen LogP contribution is -2.24. The Morgan fingerprint density at radius 2 is 1.74 bits per heavy atom. The molecule has 0 atom stereocenters. The molecule has 0 bridgehead atoms. The van der Waals surface area contributed by atoms with Gasteiger partial charge in [-0.3, -0.25) is 14.9 Å². The number of nitrogens with zero attached hydrogens (tertiary/aromatic N) is 2. The smallest absolute Gasteiger partial charge is 0.343 e. The van der Waals surface area contributed by atoms with Gasteiger partial charge < -0.3 is 14.2 Å². The fraction of sp³-hybridized carbons (Fsp3) is 0.125. The zero-order chi connectivity index (χ0) is 24.5. The van der Waals surface area contributed by atoms with Crippen LogP contribution >= 0.6 is 0 Å². The molecule has 0 aromatic heterocycles. The number of hydrazone groups is 1. The molecule has 0 aliphatic rings. The number of carbonyl (C=O) groups excluding carboxylic acids is 2. The molecule has 3 aromatic carbocycles. The highest BCUT2D eigenvalue weighted by molar-refractivity contribution is 5.91. The number of carbonyl (C=O) groups is 2. The van der Waals surface area contributed by atoms with E-state index < -0.39 is 16.8 Å². The average molecular weight is 463 g/mol. The average Bonchev–Trinajstić information content (AvgIpc) is 2.84. The van der Waals surface area contributed by atoms with Gasteiger partial charge in [0.1, 0.15) is 5.75 Å². The molecule has 0 aliphatic carbocycles. The van der Waals surface area contributed by atoms with Crippen molar-refractivity contribution in [1.82, 2.24) is 5.43 Å². The zero-order valence-electron chi connectivity index (χ0n) is 18.4. The largest absolute Gasteiger partial charge is 0.493 e. The van der Waals surface area contributed by atoms with Gasteiger partial charge in [0.05, 0.1) is 23.8 Å². The van der Waals surface area contributed by atoms with Gasteiger partial charge in [-0.15, -0.1) is 0 Å². The van der Waals surface area contributed by atoms with Gasteiger partial charge in [-0.05, 0) is 55.0 Å². The van der Waals surface area contributed by atoms with Crippen molar-refractivity contribution in [2.24, 2.45) is 5.10 Å². The molecule has 0 saturated heterocycles. The third-order valence-corrected chi connectivity index (χ3v) is 4.50. The van der Waals surface area contributed by atoms with E-state index in [1.807, 2.05) is 19.1 Å². The number of amides is 1. The number of hydrogen-bond donors (Lipinski definition) is 1. The monoisotopic (exact) mass is 463 g/mol. The summed E-state index contributed by atoms with van der Waals surface area (Å²) in [4.78, 5) is 34.4. The summed E-state index contributed by atoms with van der Waals surface area (Å²) in [6, 6.07) is 17.1. The first-order valence-corrected chi connectivity index (χ1v) is 10.0. The Morgan fingerprint density at radius 1 is 1.03 bits per heavy atom. The van der Waals surface area contributed by atoms with Crippen LogP contribution in [0.3, 0.4) is 0 Å². The summed E-state index contributed by atoms with van der Waals surface area (Å²) in [6.07, 6.45) is 1.39. The van der Waals surface area contributed by atoms with Crippen molar-refractivity contribution < 1.29 is 28.7 Å². The summed E-state index contributed by atoms with van der Waals surface area (Å²) in [7, 11) is 1.44. The molecule has 0 heterocycles. The molecule has 1 N–H and O–H groups in total. The maximum atomic E-state index is 12.3. The molecular weight excluding hydrogens is 442 g/mol. The number of nitrogens with one attached hydrogen (secondary N) is 1. The van der Waals surface area contributed by atoms with Crippen LogP contribution in [0.4, 0.5) is 5.69 Å². The molecule has 3 aromatic rings. The van der Waals surface area contributed by atoms with E-state index in [9.17, 15) is 19.7 Å². The number of hydrogen-bond acceptors (Lipinski definition) is 8. The van der Waals surface area contributed by atoms with Gasteiger partial charge >= 0.3 is 5.97 Å². The maximum Gasteiger partial charge on any atom is 0.343 e. The van der Waals surface area contributed by atoms with Gasteiger partial charge in [-0.1, -0.05) is 17.7 Å². The summed E-state index contributed by atoms with van der Waals surface area (Å²) < 4.78 is 16.0. The van der Waals surface area contributed by atoms with Crippen LogP contribution in [0.5, 0.6) is 17.2 Å². The molecule has 174 valence electrons. The van der Waals surface area contributed by atoms with Crippen molar-refractivity contribution in [2.75, 3.05) is 13.7 Å². The minimum atomic E-state index is -0.527. The minimum Gasteiger partial charge on any atom is -0.493 e. The van der Waals surface area contributed by atoms with Crippen molar-refractivity contribution in [3.05, 3.63) is 93.5 Å². The summed E-state index contributed by atoms with van der Waals surface area (Å²) in [5.74, 6) is -0.168. The van der Waals surface area contributed by atoms with Crippen LogP contribution in [0.15, 0.2) is 71.8 Å². The van der Waals surface area contributed by atoms with Gasteiger partial charge in [0.15, 0.2) is 18.1 Å². The first kappa shape index (κ1) is 23.9. The van der Waals surface area contributed by atoms with E-state index in [-0.39, 0.29) is 18.0 Å². The molecule has 10 heteroatoms. The Bertz CT molecular complexity index is 1210. The Kier molecular flexibility index (Phi) is 7.90. The summed E-state index contributed by atoms with van der Waals surface area (Å²) in [5, 5.41) is 14.5. The van der Waals surface area contributed by atoms with Crippen LogP contribution in [0, 0.1) is 17.0 Å². The first-order chi connectivity index (χ1) is 16.4. The number of ether oxygens (including phenoxy) is 3. The summed E-state index contributed by atoms with van der Waals surface area (Å²) in [5.41, 5.74) is 4.27. The highest BCUT2D eigenvalue weighted by Gasteiger charge is 2.13. The first-order valence-electron chi connectivity index (χ1n) is 10.0. The highest BCUT2D eigenvalue weighted by Crippen LogP contribution is 2.28. The molecule has 0 unspecified atom stereocenters. The Balaban J connectivity index is 1.54. The number of benzene rings is 3. The lowest BCUT2D eigenvalue weighted by molar-refractivity contribution is -0.384. The van der Waals surface area contributed by atoms with E-state index in [1.165, 1.54) is 37.6 Å². The summed E-state index contributed by atoms with van der Waals surface area (Å²) >= 11 is 0. The van der Waals surface area contributed by atoms with E-state index in [1.54, 1.807) is 30.3 Å². The van der Waals surface area contributed by atoms with Crippen LogP contribution in [-0.4, -0.2) is 36.7 Å². The van der Waals surface area contributed by atoms with Crippen molar-refractivity contribution >= 4 is 23.8 Å². The number of non-ortho nitro benzene ring substituents is 1. The van der Waals surface area contributed by atoms with Crippen molar-refractivity contribution in [3.63, 3.8) is 0 Å². The minimum absolute atomic E-state index is 0.0761. The number of nitro benzene ring substituents is 1. The molecule has 0 saturated carbocycles. The molecule has 0 fully saturated rings. The normalized spacial score (nSPS) is 10.5. The lowest BCUT2D eigenvalue weighted by atomic mass is 10.1. The standard InChI is InChI=1S/C24H21N3O7/c1-16-3-6-18(7-4-16)24(29)34-21-12-5-17(13-22(21)32-2)14-25-26-23(28)15-33-20-10-8-19(9-11-20)27(30)31/h3-14H,15H2,1-2H3,(H,26,28). The number of nitro groups is 1. The van der Waals surface area contributed by atoms with E-state index >= 15 is 0 Å². The number of methoxy groups -OCH3 is 1. The third kappa shape index (κ3) is 6.63. The van der Waals surface area contributed by atoms with Gasteiger partial charge in [-0.25, -0.2) is 10.2 Å². The quantitative estimate of drug-likeness (QED) is 0.169. The highest BCUT2D eigenvalue weighted by atomic mass is 16.6. The van der Waals surface area contributed by atoms with Crippen LogP contribution in [-0.2, 0) is 4.79 Å². The second kappa shape index (κ2) is 11.2. The van der Waals surface area contributed by atoms with Crippen molar-refractivity contribution in [3.8, 4) is 17.2 Å². The van der Waals surface area contributed by atoms with E-state index in [0.29, 0.717) is 22.6 Å². The fourth-order valence-corrected chi connectivity index (χ4v) is 2.72. The maximum absolute atomic E-state index is 12.3. The Hall–Kier alpha value is -4.73.